The molecule has 5 nitrogen and oxygen atoms in total. The molecule has 2 aliphatic rings. The van der Waals surface area contributed by atoms with Crippen LogP contribution in [0.4, 0.5) is 5.82 Å². The summed E-state index contributed by atoms with van der Waals surface area (Å²) in [6.07, 6.45) is 6.66. The van der Waals surface area contributed by atoms with Crippen LogP contribution < -0.4 is 9.64 Å². The second-order valence-electron chi connectivity index (χ2n) is 7.35. The molecule has 0 N–H and O–H groups in total. The fourth-order valence-corrected chi connectivity index (χ4v) is 5.69. The third-order valence-corrected chi connectivity index (χ3v) is 6.90. The number of nitrogens with zero attached hydrogens (tertiary/aromatic N) is 3. The van der Waals surface area contributed by atoms with Crippen LogP contribution in [0.25, 0.3) is 21.3 Å². The third-order valence-electron chi connectivity index (χ3n) is 6.02. The number of rotatable bonds is 4. The summed E-state index contributed by atoms with van der Waals surface area (Å²) < 4.78 is 11.3. The van der Waals surface area contributed by atoms with Gasteiger partial charge in [-0.05, 0) is 31.7 Å². The molecule has 2 fully saturated rings. The van der Waals surface area contributed by atoms with Crippen LogP contribution >= 0.6 is 11.3 Å². The standard InChI is InChI=1S/C21H23N3O2S/c1-25-15-9-13-7-8-14(10-15)24(13)20-19-17(11-27-21(19)23-12-22-20)16-5-3-4-6-18(16)26-2/h3-6,11-15H,7-10H2,1-2H3. The van der Waals surface area contributed by atoms with Crippen molar-refractivity contribution in [1.29, 1.82) is 0 Å². The molecule has 0 saturated carbocycles. The van der Waals surface area contributed by atoms with Crippen molar-refractivity contribution in [2.45, 2.75) is 43.9 Å². The molecule has 0 aliphatic carbocycles. The summed E-state index contributed by atoms with van der Waals surface area (Å²) in [6, 6.07) is 9.18. The lowest BCUT2D eigenvalue weighted by Gasteiger charge is -2.39. The first-order valence-corrected chi connectivity index (χ1v) is 10.3. The van der Waals surface area contributed by atoms with Gasteiger partial charge in [0.2, 0.25) is 0 Å². The molecule has 0 radical (unpaired) electrons. The predicted molar refractivity (Wildman–Crippen MR) is 109 cm³/mol. The molecular formula is C21H23N3O2S. The zero-order valence-corrected chi connectivity index (χ0v) is 16.4. The molecular weight excluding hydrogens is 358 g/mol. The highest BCUT2D eigenvalue weighted by atomic mass is 32.1. The average Bonchev–Trinajstić information content (AvgIpc) is 3.26. The van der Waals surface area contributed by atoms with Crippen molar-refractivity contribution < 1.29 is 9.47 Å². The first-order valence-electron chi connectivity index (χ1n) is 9.47. The Hall–Kier alpha value is -2.18. The van der Waals surface area contributed by atoms with Crippen molar-refractivity contribution in [3.05, 3.63) is 36.0 Å². The van der Waals surface area contributed by atoms with Crippen molar-refractivity contribution in [3.8, 4) is 16.9 Å². The molecule has 1 aromatic carbocycles. The van der Waals surface area contributed by atoms with Crippen LogP contribution in [0.15, 0.2) is 36.0 Å². The van der Waals surface area contributed by atoms with Gasteiger partial charge in [0.15, 0.2) is 0 Å². The van der Waals surface area contributed by atoms with E-state index in [0.29, 0.717) is 18.2 Å². The van der Waals surface area contributed by atoms with Gasteiger partial charge in [-0.15, -0.1) is 11.3 Å². The van der Waals surface area contributed by atoms with E-state index in [9.17, 15) is 0 Å². The molecule has 27 heavy (non-hydrogen) atoms. The third kappa shape index (κ3) is 2.70. The van der Waals surface area contributed by atoms with E-state index in [-0.39, 0.29) is 0 Å². The zero-order valence-electron chi connectivity index (χ0n) is 15.6. The van der Waals surface area contributed by atoms with Gasteiger partial charge in [-0.1, -0.05) is 18.2 Å². The number of anilines is 1. The fraction of sp³-hybridized carbons (Fsp3) is 0.429. The van der Waals surface area contributed by atoms with Crippen molar-refractivity contribution in [2.75, 3.05) is 19.1 Å². The zero-order chi connectivity index (χ0) is 18.4. The van der Waals surface area contributed by atoms with Crippen LogP contribution in [0.2, 0.25) is 0 Å². The summed E-state index contributed by atoms with van der Waals surface area (Å²) >= 11 is 1.68. The second kappa shape index (κ2) is 6.77. The van der Waals surface area contributed by atoms with Gasteiger partial charge in [0.25, 0.3) is 0 Å². The molecule has 5 rings (SSSR count). The summed E-state index contributed by atoms with van der Waals surface area (Å²) in [4.78, 5) is 12.9. The highest BCUT2D eigenvalue weighted by molar-refractivity contribution is 7.17. The fourth-order valence-electron chi connectivity index (χ4n) is 4.79. The van der Waals surface area contributed by atoms with Crippen molar-refractivity contribution in [3.63, 3.8) is 0 Å². The number of ether oxygens (including phenoxy) is 2. The van der Waals surface area contributed by atoms with E-state index in [0.717, 1.165) is 45.8 Å². The van der Waals surface area contributed by atoms with Gasteiger partial charge in [-0.25, -0.2) is 9.97 Å². The number of hydrogen-bond acceptors (Lipinski definition) is 6. The van der Waals surface area contributed by atoms with Gasteiger partial charge >= 0.3 is 0 Å². The minimum Gasteiger partial charge on any atom is -0.496 e. The molecule has 0 amide bonds. The van der Waals surface area contributed by atoms with Gasteiger partial charge in [0, 0.05) is 35.7 Å². The monoisotopic (exact) mass is 381 g/mol. The molecule has 6 heteroatoms. The highest BCUT2D eigenvalue weighted by Gasteiger charge is 2.42. The van der Waals surface area contributed by atoms with Crippen LogP contribution in [0.5, 0.6) is 5.75 Å². The molecule has 2 bridgehead atoms. The summed E-state index contributed by atoms with van der Waals surface area (Å²) in [7, 11) is 3.56. The van der Waals surface area contributed by atoms with E-state index in [2.05, 4.69) is 27.4 Å². The molecule has 2 saturated heterocycles. The molecule has 4 heterocycles. The first-order chi connectivity index (χ1) is 13.3. The summed E-state index contributed by atoms with van der Waals surface area (Å²) in [6.45, 7) is 0. The number of methoxy groups -OCH3 is 2. The Labute approximate surface area is 163 Å². The quantitative estimate of drug-likeness (QED) is 0.665. The van der Waals surface area contributed by atoms with Crippen LogP contribution in [-0.2, 0) is 4.74 Å². The van der Waals surface area contributed by atoms with Crippen LogP contribution in [-0.4, -0.2) is 42.4 Å². The van der Waals surface area contributed by atoms with Gasteiger partial charge in [-0.2, -0.15) is 0 Å². The van der Waals surface area contributed by atoms with Crippen LogP contribution in [0.3, 0.4) is 0 Å². The Balaban J connectivity index is 1.66. The molecule has 2 unspecified atom stereocenters. The molecule has 140 valence electrons. The number of fused-ring (bicyclic) bond motifs is 3. The molecule has 2 atom stereocenters. The lowest BCUT2D eigenvalue weighted by molar-refractivity contribution is 0.0682. The SMILES string of the molecule is COc1ccccc1-c1csc2ncnc(N3C4CCC3CC(OC)C4)c12. The number of para-hydroxylation sites is 1. The van der Waals surface area contributed by atoms with Crippen molar-refractivity contribution in [2.24, 2.45) is 0 Å². The number of benzene rings is 1. The van der Waals surface area contributed by atoms with Crippen molar-refractivity contribution >= 4 is 27.4 Å². The van der Waals surface area contributed by atoms with Crippen LogP contribution in [0, 0.1) is 0 Å². The maximum absolute atomic E-state index is 5.68. The maximum Gasteiger partial charge on any atom is 0.141 e. The molecule has 2 aromatic heterocycles. The lowest BCUT2D eigenvalue weighted by Crippen LogP contribution is -2.45. The van der Waals surface area contributed by atoms with E-state index in [1.807, 2.05) is 19.2 Å². The Morgan fingerprint density at radius 3 is 2.56 bits per heavy atom. The second-order valence-corrected chi connectivity index (χ2v) is 8.21. The summed E-state index contributed by atoms with van der Waals surface area (Å²) in [5, 5.41) is 3.34. The topological polar surface area (TPSA) is 47.5 Å². The number of piperidine rings is 1. The Morgan fingerprint density at radius 2 is 1.81 bits per heavy atom. The summed E-state index contributed by atoms with van der Waals surface area (Å²) in [5.41, 5.74) is 2.26. The molecule has 0 spiro atoms. The van der Waals surface area contributed by atoms with Gasteiger partial charge in [0.05, 0.1) is 18.6 Å². The average molecular weight is 382 g/mol. The van der Waals surface area contributed by atoms with E-state index in [4.69, 9.17) is 14.5 Å². The van der Waals surface area contributed by atoms with E-state index in [1.54, 1.807) is 24.8 Å². The minimum atomic E-state index is 0.368. The normalized spacial score (nSPS) is 24.5. The van der Waals surface area contributed by atoms with Gasteiger partial charge in [-0.3, -0.25) is 0 Å². The van der Waals surface area contributed by atoms with Crippen LogP contribution in [0.1, 0.15) is 25.7 Å². The molecule has 2 aliphatic heterocycles. The van der Waals surface area contributed by atoms with E-state index in [1.165, 1.54) is 12.8 Å². The largest absolute Gasteiger partial charge is 0.496 e. The van der Waals surface area contributed by atoms with Gasteiger partial charge in [0.1, 0.15) is 22.7 Å². The number of aromatic nitrogens is 2. The minimum absolute atomic E-state index is 0.368. The van der Waals surface area contributed by atoms with Gasteiger partial charge < -0.3 is 14.4 Å². The number of thiophene rings is 1. The Kier molecular flexibility index (Phi) is 4.25. The van der Waals surface area contributed by atoms with E-state index >= 15 is 0 Å². The summed E-state index contributed by atoms with van der Waals surface area (Å²) in [5.74, 6) is 1.96. The smallest absolute Gasteiger partial charge is 0.141 e. The first kappa shape index (κ1) is 17.0. The predicted octanol–water partition coefficient (Wildman–Crippen LogP) is 4.51. The lowest BCUT2D eigenvalue weighted by atomic mass is 9.98. The maximum atomic E-state index is 5.68. The Bertz CT molecular complexity index is 959. The van der Waals surface area contributed by atoms with E-state index < -0.39 is 0 Å². The molecule has 3 aromatic rings. The van der Waals surface area contributed by atoms with Crippen molar-refractivity contribution in [1.82, 2.24) is 9.97 Å². The Morgan fingerprint density at radius 1 is 1.04 bits per heavy atom. The number of hydrogen-bond donors (Lipinski definition) is 0. The highest BCUT2D eigenvalue weighted by Crippen LogP contribution is 2.46.